The fourth-order valence-corrected chi connectivity index (χ4v) is 5.92. The van der Waals surface area contributed by atoms with Crippen LogP contribution in [0.1, 0.15) is 47.1 Å². The number of hydrogen-bond donors (Lipinski definition) is 0. The van der Waals surface area contributed by atoms with Crippen LogP contribution in [0.4, 0.5) is 13.2 Å². The quantitative estimate of drug-likeness (QED) is 0.412. The summed E-state index contributed by atoms with van der Waals surface area (Å²) in [5.41, 5.74) is 3.08. The van der Waals surface area contributed by atoms with Crippen LogP contribution in [-0.2, 0) is 20.0 Å². The normalized spacial score (nSPS) is 18.8. The van der Waals surface area contributed by atoms with Gasteiger partial charge in [0.15, 0.2) is 0 Å². The number of amides is 1. The summed E-state index contributed by atoms with van der Waals surface area (Å²) in [4.78, 5) is 32.5. The van der Waals surface area contributed by atoms with E-state index in [1.54, 1.807) is 33.3 Å². The van der Waals surface area contributed by atoms with E-state index in [-0.39, 0.29) is 41.2 Å². The maximum Gasteiger partial charge on any atom is 0.273 e. The van der Waals surface area contributed by atoms with Gasteiger partial charge in [-0.05, 0) is 49.9 Å². The number of piperidine rings is 1. The number of benzene rings is 1. The highest BCUT2D eigenvalue weighted by Crippen LogP contribution is 2.45. The van der Waals surface area contributed by atoms with E-state index in [1.165, 1.54) is 24.4 Å². The Morgan fingerprint density at radius 3 is 2.65 bits per heavy atom. The van der Waals surface area contributed by atoms with Crippen LogP contribution in [0.5, 0.6) is 0 Å². The van der Waals surface area contributed by atoms with Gasteiger partial charge in [-0.1, -0.05) is 0 Å². The second-order valence-corrected chi connectivity index (χ2v) is 9.64. The van der Waals surface area contributed by atoms with Crippen molar-refractivity contribution in [2.24, 2.45) is 7.05 Å². The SMILES string of the molecule is Cn1nc2c(c1-c1cc(F)cc(F)c1)C[C@H]1CCC[C@@H]2N1C(=O)c1ccc2c(n1)c(=O)ccn2CCF. The highest BCUT2D eigenvalue weighted by molar-refractivity contribution is 5.95. The summed E-state index contributed by atoms with van der Waals surface area (Å²) in [5, 5.41) is 4.70. The number of aryl methyl sites for hydroxylation is 2. The Hall–Kier alpha value is -3.95. The standard InChI is InChI=1S/C27H24F3N5O2/c1-33-26(15-11-16(29)13-17(30)12-15)19-14-18-3-2-4-22(24(19)32-33)35(18)27(37)20-5-6-21-25(31-20)23(36)7-9-34(21)10-8-28/h5-7,9,11-13,18,22H,2-4,8,10,14H2,1H3/t18-,22+/m1/s1. The number of alkyl halides is 1. The van der Waals surface area contributed by atoms with Crippen molar-refractivity contribution in [2.45, 2.75) is 44.3 Å². The molecular formula is C27H24F3N5O2. The molecule has 0 N–H and O–H groups in total. The lowest BCUT2D eigenvalue weighted by Gasteiger charge is -2.45. The van der Waals surface area contributed by atoms with Gasteiger partial charge >= 0.3 is 0 Å². The van der Waals surface area contributed by atoms with Crippen molar-refractivity contribution in [3.63, 3.8) is 0 Å². The molecule has 0 spiro atoms. The third-order valence-corrected chi connectivity index (χ3v) is 7.41. The first-order chi connectivity index (χ1) is 17.9. The molecule has 1 amide bonds. The lowest BCUT2D eigenvalue weighted by Crippen LogP contribution is -2.50. The molecule has 5 heterocycles. The van der Waals surface area contributed by atoms with E-state index in [4.69, 9.17) is 5.10 Å². The van der Waals surface area contributed by atoms with Gasteiger partial charge in [0.05, 0.1) is 29.5 Å². The zero-order valence-electron chi connectivity index (χ0n) is 20.1. The summed E-state index contributed by atoms with van der Waals surface area (Å²) in [6.45, 7) is -0.505. The van der Waals surface area contributed by atoms with Crippen LogP contribution in [0.25, 0.3) is 22.3 Å². The van der Waals surface area contributed by atoms with Gasteiger partial charge in [-0.15, -0.1) is 0 Å². The molecule has 1 fully saturated rings. The minimum Gasteiger partial charge on any atom is -0.343 e. The Kier molecular flexibility index (Phi) is 5.62. The van der Waals surface area contributed by atoms with Crippen LogP contribution in [0.2, 0.25) is 0 Å². The molecule has 0 radical (unpaired) electrons. The summed E-state index contributed by atoms with van der Waals surface area (Å²) in [6.07, 6.45) is 4.39. The third-order valence-electron chi connectivity index (χ3n) is 7.41. The largest absolute Gasteiger partial charge is 0.343 e. The van der Waals surface area contributed by atoms with E-state index in [0.717, 1.165) is 30.2 Å². The van der Waals surface area contributed by atoms with E-state index in [9.17, 15) is 22.8 Å². The lowest BCUT2D eigenvalue weighted by atomic mass is 9.81. The van der Waals surface area contributed by atoms with E-state index in [1.807, 2.05) is 0 Å². The van der Waals surface area contributed by atoms with Crippen LogP contribution in [0, 0.1) is 11.6 Å². The Balaban J connectivity index is 1.41. The number of carbonyl (C=O) groups excluding carboxylic acids is 1. The molecule has 1 saturated heterocycles. The molecule has 190 valence electrons. The molecule has 1 aromatic carbocycles. The van der Waals surface area contributed by atoms with Crippen LogP contribution < -0.4 is 5.43 Å². The van der Waals surface area contributed by atoms with E-state index in [2.05, 4.69) is 4.98 Å². The zero-order valence-corrected chi connectivity index (χ0v) is 20.1. The molecule has 10 heteroatoms. The van der Waals surface area contributed by atoms with Gasteiger partial charge in [0.2, 0.25) is 5.43 Å². The average Bonchev–Trinajstić information content (AvgIpc) is 3.20. The van der Waals surface area contributed by atoms with E-state index in [0.29, 0.717) is 29.6 Å². The van der Waals surface area contributed by atoms with Gasteiger partial charge in [0.25, 0.3) is 5.91 Å². The number of pyridine rings is 2. The fraction of sp³-hybridized carbons (Fsp3) is 0.333. The van der Waals surface area contributed by atoms with Gasteiger partial charge in [-0.3, -0.25) is 14.3 Å². The molecule has 0 unspecified atom stereocenters. The Morgan fingerprint density at radius 1 is 1.11 bits per heavy atom. The molecule has 2 aliphatic heterocycles. The predicted molar refractivity (Wildman–Crippen MR) is 131 cm³/mol. The minimum absolute atomic E-state index is 0.0853. The van der Waals surface area contributed by atoms with Crippen LogP contribution >= 0.6 is 0 Å². The molecular weight excluding hydrogens is 483 g/mol. The van der Waals surface area contributed by atoms with Crippen molar-refractivity contribution in [1.82, 2.24) is 24.2 Å². The average molecular weight is 508 g/mol. The summed E-state index contributed by atoms with van der Waals surface area (Å²) < 4.78 is 44.2. The van der Waals surface area contributed by atoms with Gasteiger partial charge in [0, 0.05) is 42.5 Å². The topological polar surface area (TPSA) is 73.0 Å². The molecule has 2 bridgehead atoms. The van der Waals surface area contributed by atoms with Crippen molar-refractivity contribution >= 4 is 16.9 Å². The summed E-state index contributed by atoms with van der Waals surface area (Å²) in [6, 6.07) is 7.50. The Morgan fingerprint density at radius 2 is 1.89 bits per heavy atom. The molecule has 4 aromatic rings. The highest BCUT2D eigenvalue weighted by Gasteiger charge is 2.44. The smallest absolute Gasteiger partial charge is 0.273 e. The third kappa shape index (κ3) is 3.82. The van der Waals surface area contributed by atoms with Crippen LogP contribution in [-0.4, -0.2) is 42.9 Å². The highest BCUT2D eigenvalue weighted by atomic mass is 19.1. The summed E-state index contributed by atoms with van der Waals surface area (Å²) in [5.74, 6) is -1.62. The second kappa shape index (κ2) is 8.86. The number of rotatable bonds is 4. The Labute approximate surface area is 210 Å². The predicted octanol–water partition coefficient (Wildman–Crippen LogP) is 4.34. The zero-order chi connectivity index (χ0) is 25.8. The van der Waals surface area contributed by atoms with Crippen LogP contribution in [0.15, 0.2) is 47.4 Å². The molecule has 2 aliphatic rings. The van der Waals surface area contributed by atoms with Gasteiger partial charge < -0.3 is 9.47 Å². The number of nitrogens with zero attached hydrogens (tertiary/aromatic N) is 5. The number of carbonyl (C=O) groups is 1. The summed E-state index contributed by atoms with van der Waals surface area (Å²) in [7, 11) is 1.74. The van der Waals surface area contributed by atoms with Crippen molar-refractivity contribution in [1.29, 1.82) is 0 Å². The van der Waals surface area contributed by atoms with Crippen molar-refractivity contribution in [2.75, 3.05) is 6.67 Å². The van der Waals surface area contributed by atoms with Crippen molar-refractivity contribution in [3.05, 3.63) is 81.4 Å². The lowest BCUT2D eigenvalue weighted by molar-refractivity contribution is 0.0386. The number of fused-ring (bicyclic) bond motifs is 5. The van der Waals surface area contributed by atoms with Crippen LogP contribution in [0.3, 0.4) is 0 Å². The van der Waals surface area contributed by atoms with E-state index >= 15 is 0 Å². The van der Waals surface area contributed by atoms with Crippen molar-refractivity contribution in [3.8, 4) is 11.3 Å². The first kappa shape index (κ1) is 23.4. The maximum atomic E-state index is 14.0. The molecule has 3 aromatic heterocycles. The van der Waals surface area contributed by atoms with Gasteiger partial charge in [-0.2, -0.15) is 5.10 Å². The number of aromatic nitrogens is 4. The molecule has 0 aliphatic carbocycles. The van der Waals surface area contributed by atoms with Gasteiger partial charge in [-0.25, -0.2) is 18.2 Å². The molecule has 2 atom stereocenters. The Bertz CT molecular complexity index is 1590. The monoisotopic (exact) mass is 507 g/mol. The van der Waals surface area contributed by atoms with E-state index < -0.39 is 18.3 Å². The number of halogens is 3. The maximum absolute atomic E-state index is 14.0. The summed E-state index contributed by atoms with van der Waals surface area (Å²) >= 11 is 0. The van der Waals surface area contributed by atoms with Crippen molar-refractivity contribution < 1.29 is 18.0 Å². The molecule has 6 rings (SSSR count). The molecule has 7 nitrogen and oxygen atoms in total. The first-order valence-corrected chi connectivity index (χ1v) is 12.3. The first-order valence-electron chi connectivity index (χ1n) is 12.3. The molecule has 0 saturated carbocycles. The fourth-order valence-electron chi connectivity index (χ4n) is 5.92. The molecule has 37 heavy (non-hydrogen) atoms. The number of hydrogen-bond acceptors (Lipinski definition) is 4. The minimum atomic E-state index is -0.661. The van der Waals surface area contributed by atoms with Gasteiger partial charge in [0.1, 0.15) is 29.5 Å². The second-order valence-electron chi connectivity index (χ2n) is 9.64.